The van der Waals surface area contributed by atoms with E-state index in [9.17, 15) is 9.59 Å². The summed E-state index contributed by atoms with van der Waals surface area (Å²) in [5.41, 5.74) is 1.19. The highest BCUT2D eigenvalue weighted by molar-refractivity contribution is 5.96. The number of anilines is 1. The number of para-hydroxylation sites is 1. The fourth-order valence-electron chi connectivity index (χ4n) is 5.86. The lowest BCUT2D eigenvalue weighted by molar-refractivity contribution is -0.134. The Labute approximate surface area is 225 Å². The molecule has 3 aliphatic heterocycles. The highest BCUT2D eigenvalue weighted by Gasteiger charge is 2.40. The summed E-state index contributed by atoms with van der Waals surface area (Å²) >= 11 is 0. The van der Waals surface area contributed by atoms with Crippen molar-refractivity contribution in [1.82, 2.24) is 25.5 Å². The monoisotopic (exact) mass is 520 g/mol. The van der Waals surface area contributed by atoms with Gasteiger partial charge < -0.3 is 20.3 Å². The van der Waals surface area contributed by atoms with E-state index < -0.39 is 0 Å². The molecule has 1 aromatic heterocycles. The van der Waals surface area contributed by atoms with E-state index in [0.717, 1.165) is 76.5 Å². The second kappa shape index (κ2) is 12.6. The fraction of sp³-hybridized carbons (Fsp3) is 0.586. The van der Waals surface area contributed by atoms with Crippen LogP contribution in [0.15, 0.2) is 36.5 Å². The summed E-state index contributed by atoms with van der Waals surface area (Å²) < 4.78 is 5.86. The minimum atomic E-state index is -0.382. The molecule has 2 N–H and O–H groups in total. The number of likely N-dealkylation sites (tertiary alicyclic amines) is 1. The van der Waals surface area contributed by atoms with Crippen molar-refractivity contribution in [3.05, 3.63) is 47.8 Å². The second-order valence-electron chi connectivity index (χ2n) is 10.8. The number of carbonyl (C=O) groups excluding carboxylic acids is 2. The third kappa shape index (κ3) is 6.43. The van der Waals surface area contributed by atoms with Crippen LogP contribution in [0, 0.1) is 5.41 Å². The van der Waals surface area contributed by atoms with Crippen molar-refractivity contribution in [2.75, 3.05) is 50.8 Å². The number of fused-ring (bicyclic) bond motifs is 1. The summed E-state index contributed by atoms with van der Waals surface area (Å²) in [6.45, 7) is 5.89. The van der Waals surface area contributed by atoms with E-state index in [1.807, 2.05) is 24.4 Å². The van der Waals surface area contributed by atoms with E-state index >= 15 is 0 Å². The number of aromatic nitrogens is 2. The third-order valence-electron chi connectivity index (χ3n) is 8.16. The maximum atomic E-state index is 13.5. The van der Waals surface area contributed by atoms with Gasteiger partial charge in [0.15, 0.2) is 0 Å². The van der Waals surface area contributed by atoms with Gasteiger partial charge in [-0.1, -0.05) is 18.6 Å². The molecule has 204 valence electrons. The zero-order valence-electron chi connectivity index (χ0n) is 22.3. The maximum absolute atomic E-state index is 13.5. The van der Waals surface area contributed by atoms with Gasteiger partial charge in [-0.15, -0.1) is 0 Å². The smallest absolute Gasteiger partial charge is 0.255 e. The molecule has 2 saturated heterocycles. The summed E-state index contributed by atoms with van der Waals surface area (Å²) in [6.07, 6.45) is 9.78. The van der Waals surface area contributed by atoms with Crippen LogP contribution < -0.4 is 20.3 Å². The first kappa shape index (κ1) is 26.4. The van der Waals surface area contributed by atoms with Gasteiger partial charge in [-0.2, -0.15) is 0 Å². The van der Waals surface area contributed by atoms with Gasteiger partial charge in [-0.25, -0.2) is 9.97 Å². The molecule has 0 bridgehead atoms. The van der Waals surface area contributed by atoms with Gasteiger partial charge in [0.2, 0.25) is 11.9 Å². The Morgan fingerprint density at radius 1 is 0.868 bits per heavy atom. The van der Waals surface area contributed by atoms with Gasteiger partial charge in [-0.05, 0) is 76.2 Å². The molecular formula is C29H40N6O3. The third-order valence-corrected chi connectivity index (χ3v) is 8.16. The van der Waals surface area contributed by atoms with Crippen molar-refractivity contribution in [3.8, 4) is 5.75 Å². The minimum Gasteiger partial charge on any atom is -0.491 e. The van der Waals surface area contributed by atoms with Crippen LogP contribution in [0.4, 0.5) is 5.95 Å². The first-order chi connectivity index (χ1) is 18.6. The maximum Gasteiger partial charge on any atom is 0.255 e. The van der Waals surface area contributed by atoms with Crippen LogP contribution in [-0.2, 0) is 11.3 Å². The Morgan fingerprint density at radius 2 is 1.68 bits per heavy atom. The van der Waals surface area contributed by atoms with Crippen LogP contribution in [0.3, 0.4) is 0 Å². The van der Waals surface area contributed by atoms with Crippen LogP contribution in [0.1, 0.15) is 67.4 Å². The van der Waals surface area contributed by atoms with Gasteiger partial charge in [0, 0.05) is 32.4 Å². The number of rotatable bonds is 3. The molecule has 2 aromatic rings. The van der Waals surface area contributed by atoms with Crippen molar-refractivity contribution in [2.45, 2.75) is 57.9 Å². The Bertz CT molecular complexity index is 1100. The topological polar surface area (TPSA) is 99.7 Å². The number of hydrogen-bond acceptors (Lipinski definition) is 7. The number of carbonyl (C=O) groups is 2. The summed E-state index contributed by atoms with van der Waals surface area (Å²) in [6, 6.07) is 9.27. The van der Waals surface area contributed by atoms with Gasteiger partial charge in [0.25, 0.3) is 5.91 Å². The predicted molar refractivity (Wildman–Crippen MR) is 146 cm³/mol. The lowest BCUT2D eigenvalue weighted by atomic mass is 9.73. The standard InChI is InChI=1S/C29H40N6O3/c36-26-24-8-2-3-9-25(24)38-21-16-31-27(37)29(11-4-5-14-30-26)12-19-34(20-13-29)22-23-10-15-32-28(33-23)35-17-6-1-7-18-35/h2-3,8-10,15H,1,4-7,11-14,16-22H2,(H,30,36)(H,31,37). The molecule has 1 aromatic carbocycles. The molecule has 0 radical (unpaired) electrons. The molecule has 0 aliphatic carbocycles. The van der Waals surface area contributed by atoms with Crippen LogP contribution in [-0.4, -0.2) is 72.6 Å². The van der Waals surface area contributed by atoms with E-state index in [0.29, 0.717) is 31.0 Å². The Kier molecular flexibility index (Phi) is 8.73. The molecule has 38 heavy (non-hydrogen) atoms. The lowest BCUT2D eigenvalue weighted by Crippen LogP contribution is -2.49. The Balaban J connectivity index is 1.19. The van der Waals surface area contributed by atoms with Crippen molar-refractivity contribution >= 4 is 17.8 Å². The quantitative estimate of drug-likeness (QED) is 0.641. The van der Waals surface area contributed by atoms with E-state index in [1.165, 1.54) is 19.3 Å². The molecule has 2 fully saturated rings. The number of nitrogens with zero attached hydrogens (tertiary/aromatic N) is 4. The van der Waals surface area contributed by atoms with E-state index in [1.54, 1.807) is 12.1 Å². The minimum absolute atomic E-state index is 0.113. The number of nitrogens with one attached hydrogen (secondary N) is 2. The molecule has 9 heteroatoms. The first-order valence-corrected chi connectivity index (χ1v) is 14.2. The number of hydrogen-bond donors (Lipinski definition) is 2. The molecule has 5 rings (SSSR count). The van der Waals surface area contributed by atoms with Crippen LogP contribution >= 0.6 is 0 Å². The summed E-state index contributed by atoms with van der Waals surface area (Å²) in [7, 11) is 0. The van der Waals surface area contributed by atoms with Gasteiger partial charge in [0.05, 0.1) is 23.2 Å². The molecule has 1 spiro atoms. The SMILES string of the molecule is O=C1NCCCCC2(CCN(Cc3ccnc(N4CCCCC4)n3)CC2)C(=O)NCCOc2ccccc21. The van der Waals surface area contributed by atoms with Crippen molar-refractivity contribution in [2.24, 2.45) is 5.41 Å². The van der Waals surface area contributed by atoms with E-state index in [-0.39, 0.29) is 17.2 Å². The highest BCUT2D eigenvalue weighted by Crippen LogP contribution is 2.37. The molecule has 4 heterocycles. The lowest BCUT2D eigenvalue weighted by Gasteiger charge is -2.41. The van der Waals surface area contributed by atoms with Gasteiger partial charge >= 0.3 is 0 Å². The van der Waals surface area contributed by atoms with Crippen LogP contribution in [0.25, 0.3) is 0 Å². The first-order valence-electron chi connectivity index (χ1n) is 14.2. The summed E-state index contributed by atoms with van der Waals surface area (Å²) in [5, 5.41) is 6.15. The normalized spacial score (nSPS) is 21.5. The Hall–Kier alpha value is -3.20. The van der Waals surface area contributed by atoms with Gasteiger partial charge in [-0.3, -0.25) is 14.5 Å². The molecular weight excluding hydrogens is 480 g/mol. The largest absolute Gasteiger partial charge is 0.491 e. The molecule has 3 aliphatic rings. The van der Waals surface area contributed by atoms with Crippen molar-refractivity contribution in [1.29, 1.82) is 0 Å². The molecule has 2 amide bonds. The predicted octanol–water partition coefficient (Wildman–Crippen LogP) is 3.16. The van der Waals surface area contributed by atoms with E-state index in [2.05, 4.69) is 25.4 Å². The average Bonchev–Trinajstić information content (AvgIpc) is 2.96. The molecule has 0 saturated carbocycles. The van der Waals surface area contributed by atoms with E-state index in [4.69, 9.17) is 9.72 Å². The summed E-state index contributed by atoms with van der Waals surface area (Å²) in [5.74, 6) is 1.41. The zero-order valence-corrected chi connectivity index (χ0v) is 22.3. The highest BCUT2D eigenvalue weighted by atomic mass is 16.5. The fourth-order valence-corrected chi connectivity index (χ4v) is 5.86. The molecule has 0 atom stereocenters. The summed E-state index contributed by atoms with van der Waals surface area (Å²) in [4.78, 5) is 40.2. The average molecular weight is 521 g/mol. The zero-order chi connectivity index (χ0) is 26.2. The van der Waals surface area contributed by atoms with Crippen LogP contribution in [0.5, 0.6) is 5.75 Å². The number of piperidine rings is 2. The van der Waals surface area contributed by atoms with Crippen molar-refractivity contribution in [3.63, 3.8) is 0 Å². The van der Waals surface area contributed by atoms with Gasteiger partial charge in [0.1, 0.15) is 12.4 Å². The number of amides is 2. The van der Waals surface area contributed by atoms with Crippen LogP contribution in [0.2, 0.25) is 0 Å². The second-order valence-corrected chi connectivity index (χ2v) is 10.8. The number of benzene rings is 1. The molecule has 0 unspecified atom stereocenters. The molecule has 9 nitrogen and oxygen atoms in total. The number of ether oxygens (including phenoxy) is 1. The Morgan fingerprint density at radius 3 is 2.53 bits per heavy atom. The van der Waals surface area contributed by atoms with Crippen molar-refractivity contribution < 1.29 is 14.3 Å².